The van der Waals surface area contributed by atoms with Gasteiger partial charge in [0.25, 0.3) is 0 Å². The first-order valence-electron chi connectivity index (χ1n) is 5.84. The Balaban J connectivity index is 2.72. The smallest absolute Gasteiger partial charge is 0.110 e. The fourth-order valence-electron chi connectivity index (χ4n) is 1.89. The zero-order chi connectivity index (χ0) is 11.3. The van der Waals surface area contributed by atoms with E-state index in [2.05, 4.69) is 43.4 Å². The quantitative estimate of drug-likeness (QED) is 0.802. The average molecular weight is 226 g/mol. The lowest BCUT2D eigenvalue weighted by Crippen LogP contribution is -2.26. The largest absolute Gasteiger partial charge is 0.308 e. The Kier molecular flexibility index (Phi) is 5.26. The van der Waals surface area contributed by atoms with E-state index in [1.54, 1.807) is 11.3 Å². The molecule has 1 aromatic heterocycles. The molecule has 2 atom stereocenters. The molecule has 1 rings (SSSR count). The normalized spacial score (nSPS) is 15.2. The van der Waals surface area contributed by atoms with Gasteiger partial charge < -0.3 is 5.32 Å². The van der Waals surface area contributed by atoms with Crippen molar-refractivity contribution in [3.63, 3.8) is 0 Å². The molecule has 1 heterocycles. The van der Waals surface area contributed by atoms with Crippen LogP contribution in [0.3, 0.4) is 0 Å². The maximum atomic E-state index is 4.59. The minimum Gasteiger partial charge on any atom is -0.308 e. The van der Waals surface area contributed by atoms with Crippen molar-refractivity contribution in [2.75, 3.05) is 6.54 Å². The van der Waals surface area contributed by atoms with Gasteiger partial charge >= 0.3 is 0 Å². The maximum absolute atomic E-state index is 4.59. The van der Waals surface area contributed by atoms with Gasteiger partial charge in [0, 0.05) is 11.1 Å². The lowest BCUT2D eigenvalue weighted by molar-refractivity contribution is 0.368. The van der Waals surface area contributed by atoms with Crippen LogP contribution in [-0.2, 0) is 0 Å². The molecule has 0 bridgehead atoms. The van der Waals surface area contributed by atoms with E-state index in [-0.39, 0.29) is 0 Å². The summed E-state index contributed by atoms with van der Waals surface area (Å²) in [6, 6.07) is 0.439. The molecule has 0 aromatic carbocycles. The van der Waals surface area contributed by atoms with Gasteiger partial charge in [0.15, 0.2) is 0 Å². The van der Waals surface area contributed by atoms with Crippen LogP contribution >= 0.6 is 11.3 Å². The van der Waals surface area contributed by atoms with Gasteiger partial charge in [-0.2, -0.15) is 0 Å². The van der Waals surface area contributed by atoms with Crippen molar-refractivity contribution >= 4 is 11.3 Å². The summed E-state index contributed by atoms with van der Waals surface area (Å²) in [5.74, 6) is 0.667. The summed E-state index contributed by atoms with van der Waals surface area (Å²) in [6.07, 6.45) is 2.50. The summed E-state index contributed by atoms with van der Waals surface area (Å²) < 4.78 is 0. The zero-order valence-electron chi connectivity index (χ0n) is 10.2. The highest BCUT2D eigenvalue weighted by molar-refractivity contribution is 7.09. The minimum atomic E-state index is 0.439. The molecule has 0 amide bonds. The molecule has 3 heteroatoms. The third kappa shape index (κ3) is 3.58. The Morgan fingerprint density at radius 2 is 2.20 bits per heavy atom. The van der Waals surface area contributed by atoms with E-state index >= 15 is 0 Å². The van der Waals surface area contributed by atoms with Crippen LogP contribution in [0.4, 0.5) is 0 Å². The van der Waals surface area contributed by atoms with Gasteiger partial charge in [-0.25, -0.2) is 4.98 Å². The van der Waals surface area contributed by atoms with E-state index < -0.39 is 0 Å². The van der Waals surface area contributed by atoms with Crippen molar-refractivity contribution in [2.24, 2.45) is 5.92 Å². The van der Waals surface area contributed by atoms with Crippen molar-refractivity contribution in [3.8, 4) is 0 Å². The second-order valence-corrected chi connectivity index (χ2v) is 5.02. The van der Waals surface area contributed by atoms with Crippen LogP contribution in [0.1, 0.15) is 50.4 Å². The number of hydrogen-bond donors (Lipinski definition) is 1. The fourth-order valence-corrected chi connectivity index (χ4v) is 2.89. The van der Waals surface area contributed by atoms with Gasteiger partial charge in [-0.15, -0.1) is 11.3 Å². The summed E-state index contributed by atoms with van der Waals surface area (Å²) in [6.45, 7) is 9.79. The summed E-state index contributed by atoms with van der Waals surface area (Å²) in [4.78, 5) is 4.59. The molecular formula is C12H22N2S. The highest BCUT2D eigenvalue weighted by Crippen LogP contribution is 2.27. The molecule has 1 N–H and O–H groups in total. The lowest BCUT2D eigenvalue weighted by Gasteiger charge is -2.22. The van der Waals surface area contributed by atoms with Crippen molar-refractivity contribution in [1.82, 2.24) is 10.3 Å². The average Bonchev–Trinajstić information content (AvgIpc) is 2.61. The highest BCUT2D eigenvalue weighted by Gasteiger charge is 2.20. The van der Waals surface area contributed by atoms with Gasteiger partial charge in [-0.1, -0.05) is 27.2 Å². The molecule has 0 aliphatic rings. The van der Waals surface area contributed by atoms with Gasteiger partial charge in [0.1, 0.15) is 5.01 Å². The van der Waals surface area contributed by atoms with E-state index in [1.165, 1.54) is 17.8 Å². The Bertz CT molecular complexity index is 283. The second kappa shape index (κ2) is 6.23. The number of thiazole rings is 1. The van der Waals surface area contributed by atoms with Crippen LogP contribution in [0.15, 0.2) is 5.38 Å². The third-order valence-electron chi connectivity index (χ3n) is 2.64. The van der Waals surface area contributed by atoms with E-state index in [0.29, 0.717) is 12.0 Å². The Labute approximate surface area is 97.1 Å². The molecule has 0 saturated carbocycles. The van der Waals surface area contributed by atoms with Crippen LogP contribution in [0.25, 0.3) is 0 Å². The molecule has 0 spiro atoms. The Morgan fingerprint density at radius 1 is 1.47 bits per heavy atom. The summed E-state index contributed by atoms with van der Waals surface area (Å²) in [5.41, 5.74) is 1.14. The standard InChI is InChI=1S/C12H22N2S/c1-5-7-9(3)11(13-6-2)12-14-10(4)8-15-12/h8-9,11,13H,5-7H2,1-4H3. The van der Waals surface area contributed by atoms with Crippen LogP contribution in [0.2, 0.25) is 0 Å². The molecule has 1 aromatic rings. The lowest BCUT2D eigenvalue weighted by atomic mass is 9.97. The maximum Gasteiger partial charge on any atom is 0.110 e. The number of rotatable bonds is 6. The Hall–Kier alpha value is -0.410. The highest BCUT2D eigenvalue weighted by atomic mass is 32.1. The molecule has 2 nitrogen and oxygen atoms in total. The number of aryl methyl sites for hydroxylation is 1. The number of hydrogen-bond acceptors (Lipinski definition) is 3. The summed E-state index contributed by atoms with van der Waals surface area (Å²) >= 11 is 1.78. The number of nitrogens with one attached hydrogen (secondary N) is 1. The van der Waals surface area contributed by atoms with Crippen LogP contribution in [0.5, 0.6) is 0 Å². The van der Waals surface area contributed by atoms with Gasteiger partial charge in [0.2, 0.25) is 0 Å². The molecule has 0 saturated heterocycles. The van der Waals surface area contributed by atoms with E-state index in [0.717, 1.165) is 12.2 Å². The predicted octanol–water partition coefficient (Wildman–Crippen LogP) is 3.54. The first-order valence-corrected chi connectivity index (χ1v) is 6.72. The monoisotopic (exact) mass is 226 g/mol. The van der Waals surface area contributed by atoms with Crippen LogP contribution in [0, 0.1) is 12.8 Å². The summed E-state index contributed by atoms with van der Waals surface area (Å²) in [7, 11) is 0. The van der Waals surface area contributed by atoms with Gasteiger partial charge in [-0.05, 0) is 25.8 Å². The molecule has 0 radical (unpaired) electrons. The molecule has 0 aliphatic carbocycles. The topological polar surface area (TPSA) is 24.9 Å². The minimum absolute atomic E-state index is 0.439. The molecule has 86 valence electrons. The fraction of sp³-hybridized carbons (Fsp3) is 0.750. The first-order chi connectivity index (χ1) is 7.19. The number of aromatic nitrogens is 1. The predicted molar refractivity (Wildman–Crippen MR) is 67.3 cm³/mol. The zero-order valence-corrected chi connectivity index (χ0v) is 11.0. The van der Waals surface area contributed by atoms with Crippen LogP contribution < -0.4 is 5.32 Å². The van der Waals surface area contributed by atoms with Crippen molar-refractivity contribution < 1.29 is 0 Å². The molecule has 0 aliphatic heterocycles. The third-order valence-corrected chi connectivity index (χ3v) is 3.69. The number of nitrogens with zero attached hydrogens (tertiary/aromatic N) is 1. The molecular weight excluding hydrogens is 204 g/mol. The van der Waals surface area contributed by atoms with E-state index in [4.69, 9.17) is 0 Å². The van der Waals surface area contributed by atoms with Crippen molar-refractivity contribution in [1.29, 1.82) is 0 Å². The SMILES string of the molecule is CCCC(C)C(NCC)c1nc(C)cs1. The Morgan fingerprint density at radius 3 is 2.67 bits per heavy atom. The van der Waals surface area contributed by atoms with Crippen LogP contribution in [-0.4, -0.2) is 11.5 Å². The van der Waals surface area contributed by atoms with Gasteiger partial charge in [-0.3, -0.25) is 0 Å². The summed E-state index contributed by atoms with van der Waals surface area (Å²) in [5, 5.41) is 6.93. The second-order valence-electron chi connectivity index (χ2n) is 4.13. The molecule has 15 heavy (non-hydrogen) atoms. The van der Waals surface area contributed by atoms with Crippen molar-refractivity contribution in [3.05, 3.63) is 16.1 Å². The first kappa shape index (κ1) is 12.7. The van der Waals surface area contributed by atoms with E-state index in [9.17, 15) is 0 Å². The molecule has 2 unspecified atom stereocenters. The van der Waals surface area contributed by atoms with Crippen molar-refractivity contribution in [2.45, 2.75) is 46.6 Å². The molecule has 0 fully saturated rings. The van der Waals surface area contributed by atoms with Gasteiger partial charge in [0.05, 0.1) is 6.04 Å². The van der Waals surface area contributed by atoms with E-state index in [1.807, 2.05) is 0 Å².